The number of carbonyl (C=O) groups is 2. The Bertz CT molecular complexity index is 1440. The van der Waals surface area contributed by atoms with E-state index in [0.29, 0.717) is 33.6 Å². The highest BCUT2D eigenvalue weighted by molar-refractivity contribution is 8.26. The lowest BCUT2D eigenvalue weighted by Crippen LogP contribution is -2.44. The van der Waals surface area contributed by atoms with E-state index in [2.05, 4.69) is 38.3 Å². The van der Waals surface area contributed by atoms with Crippen molar-refractivity contribution >= 4 is 57.8 Å². The Morgan fingerprint density at radius 1 is 1.05 bits per heavy atom. The van der Waals surface area contributed by atoms with Gasteiger partial charge in [0.2, 0.25) is 0 Å². The summed E-state index contributed by atoms with van der Waals surface area (Å²) in [4.78, 5) is 25.9. The number of thioether (sulfide) groups is 1. The van der Waals surface area contributed by atoms with Crippen LogP contribution in [0.15, 0.2) is 59.5 Å². The van der Waals surface area contributed by atoms with Crippen molar-refractivity contribution in [3.63, 3.8) is 0 Å². The summed E-state index contributed by atoms with van der Waals surface area (Å²) in [6.45, 7) is 6.65. The molecule has 4 rings (SSSR count). The van der Waals surface area contributed by atoms with E-state index in [1.165, 1.54) is 22.8 Å². The molecule has 1 fully saturated rings. The summed E-state index contributed by atoms with van der Waals surface area (Å²) in [5.74, 6) is 0.232. The van der Waals surface area contributed by atoms with Crippen LogP contribution in [0.5, 0.6) is 11.5 Å². The van der Waals surface area contributed by atoms with Crippen LogP contribution in [0.1, 0.15) is 38.2 Å². The van der Waals surface area contributed by atoms with E-state index in [-0.39, 0.29) is 4.32 Å². The summed E-state index contributed by atoms with van der Waals surface area (Å²) < 4.78 is 11.8. The van der Waals surface area contributed by atoms with Gasteiger partial charge in [-0.15, -0.1) is 0 Å². The fourth-order valence-corrected chi connectivity index (χ4v) is 5.11. The molecular formula is C28H25ClN2O4S2. The molecule has 1 heterocycles. The molecule has 0 spiro atoms. The molecule has 0 bridgehead atoms. The van der Waals surface area contributed by atoms with Crippen molar-refractivity contribution < 1.29 is 19.1 Å². The number of nitrogens with one attached hydrogen (secondary N) is 1. The van der Waals surface area contributed by atoms with E-state index in [1.807, 2.05) is 12.1 Å². The highest BCUT2D eigenvalue weighted by Gasteiger charge is 2.34. The summed E-state index contributed by atoms with van der Waals surface area (Å²) in [5, 5.41) is 1.48. The molecule has 1 aliphatic rings. The number of hydrogen-bond donors (Lipinski definition) is 1. The zero-order valence-corrected chi connectivity index (χ0v) is 23.1. The monoisotopic (exact) mass is 552 g/mol. The van der Waals surface area contributed by atoms with Crippen LogP contribution in [0.3, 0.4) is 0 Å². The number of aryl methyl sites for hydroxylation is 3. The zero-order chi connectivity index (χ0) is 26.7. The van der Waals surface area contributed by atoms with Gasteiger partial charge in [-0.05, 0) is 97.2 Å². The molecule has 37 heavy (non-hydrogen) atoms. The first-order valence-electron chi connectivity index (χ1n) is 11.4. The molecular weight excluding hydrogens is 528 g/mol. The predicted octanol–water partition coefficient (Wildman–Crippen LogP) is 6.40. The smallest absolute Gasteiger partial charge is 0.285 e. The molecule has 1 saturated heterocycles. The first-order chi connectivity index (χ1) is 17.7. The number of carbonyl (C=O) groups excluding carboxylic acids is 2. The number of hydrogen-bond acceptors (Lipinski definition) is 6. The van der Waals surface area contributed by atoms with Gasteiger partial charge in [-0.25, -0.2) is 0 Å². The normalized spacial score (nSPS) is 14.3. The standard InChI is InChI=1S/C28H25ClN2O4S2/c1-16-10-18(3)21(11-17(16)2)15-35-23-9-8-19(12-24(23)34-4)13-25-27(33)31(28(36)37-25)30-26(32)20-6-5-7-22(29)14-20/h5-14H,15H2,1-4H3,(H,30,32)/b25-13+. The van der Waals surface area contributed by atoms with Crippen LogP contribution >= 0.6 is 35.6 Å². The molecule has 1 N–H and O–H groups in total. The second-order valence-electron chi connectivity index (χ2n) is 8.53. The third-order valence-corrected chi connectivity index (χ3v) is 7.45. The lowest BCUT2D eigenvalue weighted by atomic mass is 10.0. The summed E-state index contributed by atoms with van der Waals surface area (Å²) in [7, 11) is 1.57. The van der Waals surface area contributed by atoms with Gasteiger partial charge in [0.1, 0.15) is 6.61 Å². The maximum absolute atomic E-state index is 13.0. The first kappa shape index (κ1) is 26.7. The molecule has 2 amide bonds. The van der Waals surface area contributed by atoms with Gasteiger partial charge in [-0.1, -0.05) is 47.6 Å². The van der Waals surface area contributed by atoms with E-state index in [0.717, 1.165) is 27.9 Å². The minimum Gasteiger partial charge on any atom is -0.493 e. The average molecular weight is 553 g/mol. The van der Waals surface area contributed by atoms with Gasteiger partial charge >= 0.3 is 0 Å². The summed E-state index contributed by atoms with van der Waals surface area (Å²) in [6, 6.07) is 16.2. The van der Waals surface area contributed by atoms with Gasteiger partial charge in [-0.2, -0.15) is 5.01 Å². The van der Waals surface area contributed by atoms with Crippen molar-refractivity contribution in [2.75, 3.05) is 7.11 Å². The quantitative estimate of drug-likeness (QED) is 0.270. The average Bonchev–Trinajstić information content (AvgIpc) is 3.13. The lowest BCUT2D eigenvalue weighted by Gasteiger charge is -2.15. The molecule has 3 aromatic rings. The van der Waals surface area contributed by atoms with Crippen molar-refractivity contribution in [1.29, 1.82) is 0 Å². The minimum absolute atomic E-state index is 0.224. The van der Waals surface area contributed by atoms with Crippen molar-refractivity contribution in [3.8, 4) is 11.5 Å². The second-order valence-corrected chi connectivity index (χ2v) is 10.6. The van der Waals surface area contributed by atoms with Crippen LogP contribution in [-0.2, 0) is 11.4 Å². The Labute approximate surface area is 230 Å². The van der Waals surface area contributed by atoms with E-state index in [1.54, 1.807) is 37.5 Å². The van der Waals surface area contributed by atoms with E-state index >= 15 is 0 Å². The van der Waals surface area contributed by atoms with E-state index in [9.17, 15) is 9.59 Å². The topological polar surface area (TPSA) is 67.9 Å². The van der Waals surface area contributed by atoms with Crippen LogP contribution in [0.2, 0.25) is 5.02 Å². The van der Waals surface area contributed by atoms with Crippen molar-refractivity contribution in [3.05, 3.63) is 97.9 Å². The summed E-state index contributed by atoms with van der Waals surface area (Å²) in [5.41, 5.74) is 8.34. The number of benzene rings is 3. The van der Waals surface area contributed by atoms with Crippen molar-refractivity contribution in [2.24, 2.45) is 0 Å². The Balaban J connectivity index is 1.48. The molecule has 0 radical (unpaired) electrons. The van der Waals surface area contributed by atoms with Crippen LogP contribution in [0.4, 0.5) is 0 Å². The third-order valence-electron chi connectivity index (χ3n) is 5.91. The van der Waals surface area contributed by atoms with Crippen molar-refractivity contribution in [2.45, 2.75) is 27.4 Å². The third kappa shape index (κ3) is 6.15. The van der Waals surface area contributed by atoms with Gasteiger partial charge < -0.3 is 9.47 Å². The molecule has 0 unspecified atom stereocenters. The largest absolute Gasteiger partial charge is 0.493 e. The van der Waals surface area contributed by atoms with E-state index < -0.39 is 11.8 Å². The van der Waals surface area contributed by atoms with Gasteiger partial charge in [0.15, 0.2) is 15.8 Å². The number of hydrazine groups is 1. The highest BCUT2D eigenvalue weighted by Crippen LogP contribution is 2.34. The molecule has 0 saturated carbocycles. The van der Waals surface area contributed by atoms with Gasteiger partial charge in [0, 0.05) is 10.6 Å². The molecule has 6 nitrogen and oxygen atoms in total. The van der Waals surface area contributed by atoms with Crippen LogP contribution in [0, 0.1) is 20.8 Å². The number of amides is 2. The SMILES string of the molecule is COc1cc(/C=C2/SC(=S)N(NC(=O)c3cccc(Cl)c3)C2=O)ccc1OCc1cc(C)c(C)cc1C. The van der Waals surface area contributed by atoms with Crippen molar-refractivity contribution in [1.82, 2.24) is 10.4 Å². The molecule has 190 valence electrons. The number of methoxy groups -OCH3 is 1. The number of ether oxygens (including phenoxy) is 2. The number of rotatable bonds is 7. The molecule has 0 aliphatic carbocycles. The fourth-order valence-electron chi connectivity index (χ4n) is 3.74. The van der Waals surface area contributed by atoms with Crippen LogP contribution in [0.25, 0.3) is 6.08 Å². The van der Waals surface area contributed by atoms with Crippen LogP contribution < -0.4 is 14.9 Å². The number of nitrogens with zero attached hydrogens (tertiary/aromatic N) is 1. The Morgan fingerprint density at radius 2 is 1.81 bits per heavy atom. The van der Waals surface area contributed by atoms with Gasteiger partial charge in [0.05, 0.1) is 12.0 Å². The Kier molecular flexibility index (Phi) is 8.22. The second kappa shape index (κ2) is 11.4. The molecule has 1 aliphatic heterocycles. The lowest BCUT2D eigenvalue weighted by molar-refractivity contribution is -0.123. The Hall–Kier alpha value is -3.33. The number of thiocarbonyl (C=S) groups is 1. The minimum atomic E-state index is -0.484. The molecule has 3 aromatic carbocycles. The first-order valence-corrected chi connectivity index (χ1v) is 13.0. The predicted molar refractivity (Wildman–Crippen MR) is 152 cm³/mol. The van der Waals surface area contributed by atoms with Gasteiger partial charge in [0.25, 0.3) is 11.8 Å². The Morgan fingerprint density at radius 3 is 2.54 bits per heavy atom. The highest BCUT2D eigenvalue weighted by atomic mass is 35.5. The zero-order valence-electron chi connectivity index (χ0n) is 20.8. The maximum atomic E-state index is 13.0. The molecule has 0 atom stereocenters. The van der Waals surface area contributed by atoms with E-state index in [4.69, 9.17) is 33.3 Å². The molecule has 0 aromatic heterocycles. The number of halogens is 1. The fraction of sp³-hybridized carbons (Fsp3) is 0.179. The summed E-state index contributed by atoms with van der Waals surface area (Å²) >= 11 is 12.4. The molecule has 9 heteroatoms. The summed E-state index contributed by atoms with van der Waals surface area (Å²) in [6.07, 6.45) is 1.70. The van der Waals surface area contributed by atoms with Crippen LogP contribution in [-0.4, -0.2) is 28.3 Å². The maximum Gasteiger partial charge on any atom is 0.285 e. The van der Waals surface area contributed by atoms with Gasteiger partial charge in [-0.3, -0.25) is 15.0 Å².